The number of hydrogen-bond acceptors (Lipinski definition) is 6. The third-order valence-corrected chi connectivity index (χ3v) is 6.14. The molecule has 9 heteroatoms. The van der Waals surface area contributed by atoms with Crippen LogP contribution in [-0.2, 0) is 0 Å². The highest BCUT2D eigenvalue weighted by molar-refractivity contribution is 6.37. The molecule has 6 nitrogen and oxygen atoms in total. The maximum Gasteiger partial charge on any atom is 0.343 e. The average molecular weight is 527 g/mol. The van der Waals surface area contributed by atoms with Crippen molar-refractivity contribution in [3.05, 3.63) is 98.6 Å². The molecule has 0 saturated heterocycles. The lowest BCUT2D eigenvalue weighted by molar-refractivity contribution is 0.0734. The predicted molar refractivity (Wildman–Crippen MR) is 134 cm³/mol. The normalized spacial score (nSPS) is 14.5. The Morgan fingerprint density at radius 3 is 2.47 bits per heavy atom. The van der Waals surface area contributed by atoms with E-state index >= 15 is 0 Å². The van der Waals surface area contributed by atoms with Gasteiger partial charge in [-0.15, -0.1) is 0 Å². The number of unbranched alkanes of at least 4 members (excludes halogenated alkanes) is 1. The Labute approximate surface area is 217 Å². The molecule has 0 spiro atoms. The van der Waals surface area contributed by atoms with Crippen molar-refractivity contribution in [3.63, 3.8) is 0 Å². The summed E-state index contributed by atoms with van der Waals surface area (Å²) in [7, 11) is 0. The Bertz CT molecular complexity index is 1360. The molecule has 0 aromatic heterocycles. The summed E-state index contributed by atoms with van der Waals surface area (Å²) in [6.07, 6.45) is 1.79. The van der Waals surface area contributed by atoms with Gasteiger partial charge in [0.15, 0.2) is 5.75 Å². The Morgan fingerprint density at radius 2 is 1.83 bits per heavy atom. The molecule has 0 fully saturated rings. The van der Waals surface area contributed by atoms with Gasteiger partial charge in [0.05, 0.1) is 28.1 Å². The van der Waals surface area contributed by atoms with E-state index in [1.165, 1.54) is 30.3 Å². The van der Waals surface area contributed by atoms with Gasteiger partial charge in [-0.2, -0.15) is 5.26 Å². The summed E-state index contributed by atoms with van der Waals surface area (Å²) in [5.74, 6) is -0.937. The van der Waals surface area contributed by atoms with Crippen LogP contribution in [0.25, 0.3) is 0 Å². The van der Waals surface area contributed by atoms with Gasteiger partial charge in [-0.1, -0.05) is 54.7 Å². The van der Waals surface area contributed by atoms with Crippen molar-refractivity contribution in [1.29, 1.82) is 5.26 Å². The van der Waals surface area contributed by atoms with Crippen LogP contribution in [0.2, 0.25) is 10.0 Å². The second-order valence-electron chi connectivity index (χ2n) is 8.04. The minimum absolute atomic E-state index is 0.0833. The van der Waals surface area contributed by atoms with Gasteiger partial charge in [0.2, 0.25) is 5.88 Å². The van der Waals surface area contributed by atoms with Gasteiger partial charge < -0.3 is 19.9 Å². The zero-order valence-electron chi connectivity index (χ0n) is 19.2. The first-order chi connectivity index (χ1) is 17.3. The van der Waals surface area contributed by atoms with Crippen molar-refractivity contribution in [2.45, 2.75) is 25.7 Å². The van der Waals surface area contributed by atoms with Crippen LogP contribution in [0.15, 0.2) is 66.1 Å². The second kappa shape index (κ2) is 10.9. The zero-order valence-corrected chi connectivity index (χ0v) is 20.7. The van der Waals surface area contributed by atoms with Gasteiger partial charge in [-0.3, -0.25) is 0 Å². The van der Waals surface area contributed by atoms with Gasteiger partial charge in [0.1, 0.15) is 29.0 Å². The Morgan fingerprint density at radius 1 is 1.14 bits per heavy atom. The fraction of sp³-hybridized carbons (Fsp3) is 0.185. The minimum Gasteiger partial charge on any atom is -0.490 e. The van der Waals surface area contributed by atoms with Crippen molar-refractivity contribution >= 4 is 29.2 Å². The van der Waals surface area contributed by atoms with Gasteiger partial charge in [0, 0.05) is 11.6 Å². The summed E-state index contributed by atoms with van der Waals surface area (Å²) in [5, 5.41) is 10.1. The van der Waals surface area contributed by atoms with E-state index in [9.17, 15) is 14.4 Å². The van der Waals surface area contributed by atoms with E-state index in [0.717, 1.165) is 12.8 Å². The van der Waals surface area contributed by atoms with Crippen LogP contribution in [0.3, 0.4) is 0 Å². The van der Waals surface area contributed by atoms with Crippen molar-refractivity contribution in [1.82, 2.24) is 0 Å². The monoisotopic (exact) mass is 526 g/mol. The van der Waals surface area contributed by atoms with E-state index in [0.29, 0.717) is 29.2 Å². The van der Waals surface area contributed by atoms with Crippen molar-refractivity contribution in [2.75, 3.05) is 6.61 Å². The molecular formula is C27H21Cl2FN2O4. The van der Waals surface area contributed by atoms with Gasteiger partial charge in [0.25, 0.3) is 0 Å². The first-order valence-corrected chi connectivity index (χ1v) is 11.9. The summed E-state index contributed by atoms with van der Waals surface area (Å²) in [6.45, 7) is 2.49. The predicted octanol–water partition coefficient (Wildman–Crippen LogP) is 6.75. The molecule has 1 heterocycles. The number of benzene rings is 3. The van der Waals surface area contributed by atoms with Crippen LogP contribution in [-0.4, -0.2) is 12.6 Å². The molecule has 0 bridgehead atoms. The first-order valence-electron chi connectivity index (χ1n) is 11.1. The van der Waals surface area contributed by atoms with E-state index < -0.39 is 17.7 Å². The molecule has 3 aromatic rings. The number of nitriles is 1. The standard InChI is InChI=1S/C27H21Cl2FN2O4/c1-2-3-10-34-25-21(28)11-16(12-22(25)29)27(33)35-18-8-9-19-23(13-18)36-26(32)20(14-31)24(19)15-4-6-17(30)7-5-15/h4-9,11-13,24H,2-3,10,32H2,1H3. The molecule has 2 N–H and O–H groups in total. The zero-order chi connectivity index (χ0) is 25.8. The maximum atomic E-state index is 13.5. The summed E-state index contributed by atoms with van der Waals surface area (Å²) >= 11 is 12.6. The minimum atomic E-state index is -0.689. The largest absolute Gasteiger partial charge is 0.490 e. The third-order valence-electron chi connectivity index (χ3n) is 5.58. The maximum absolute atomic E-state index is 13.5. The number of nitrogens with zero attached hydrogens (tertiary/aromatic N) is 1. The quantitative estimate of drug-likeness (QED) is 0.208. The number of rotatable bonds is 7. The highest BCUT2D eigenvalue weighted by Crippen LogP contribution is 2.43. The van der Waals surface area contributed by atoms with Crippen LogP contribution in [0.5, 0.6) is 17.2 Å². The lowest BCUT2D eigenvalue weighted by Gasteiger charge is -2.26. The lowest BCUT2D eigenvalue weighted by atomic mass is 9.83. The highest BCUT2D eigenvalue weighted by Gasteiger charge is 2.31. The number of fused-ring (bicyclic) bond motifs is 1. The molecule has 184 valence electrons. The number of carbonyl (C=O) groups is 1. The molecule has 0 amide bonds. The Balaban J connectivity index is 1.59. The smallest absolute Gasteiger partial charge is 0.343 e. The van der Waals surface area contributed by atoms with Crippen molar-refractivity contribution in [2.24, 2.45) is 5.73 Å². The van der Waals surface area contributed by atoms with E-state index in [4.69, 9.17) is 43.1 Å². The summed E-state index contributed by atoms with van der Waals surface area (Å²) in [5.41, 5.74) is 7.63. The number of nitrogens with two attached hydrogens (primary N) is 1. The topological polar surface area (TPSA) is 94.6 Å². The Hall–Kier alpha value is -3.73. The molecular weight excluding hydrogens is 506 g/mol. The van der Waals surface area contributed by atoms with Gasteiger partial charge in [-0.25, -0.2) is 9.18 Å². The molecule has 4 rings (SSSR count). The van der Waals surface area contributed by atoms with Crippen LogP contribution in [0.1, 0.15) is 47.2 Å². The van der Waals surface area contributed by atoms with Crippen molar-refractivity contribution < 1.29 is 23.4 Å². The number of allylic oxidation sites excluding steroid dienone is 1. The molecule has 1 unspecified atom stereocenters. The Kier molecular flexibility index (Phi) is 7.68. The number of hydrogen-bond donors (Lipinski definition) is 1. The first kappa shape index (κ1) is 25.4. The SMILES string of the molecule is CCCCOc1c(Cl)cc(C(=O)Oc2ccc3c(c2)OC(N)=C(C#N)C3c2ccc(F)cc2)cc1Cl. The number of ether oxygens (including phenoxy) is 3. The fourth-order valence-electron chi connectivity index (χ4n) is 3.80. The van der Waals surface area contributed by atoms with Gasteiger partial charge in [-0.05, 0) is 42.3 Å². The molecule has 1 aliphatic heterocycles. The highest BCUT2D eigenvalue weighted by atomic mass is 35.5. The number of carbonyl (C=O) groups excluding carboxylic acids is 1. The van der Waals surface area contributed by atoms with Crippen LogP contribution < -0.4 is 19.9 Å². The van der Waals surface area contributed by atoms with Crippen LogP contribution in [0, 0.1) is 17.1 Å². The van der Waals surface area contributed by atoms with Crippen LogP contribution in [0.4, 0.5) is 4.39 Å². The average Bonchev–Trinajstić information content (AvgIpc) is 2.85. The van der Waals surface area contributed by atoms with Gasteiger partial charge >= 0.3 is 5.97 Å². The fourth-order valence-corrected chi connectivity index (χ4v) is 4.39. The lowest BCUT2D eigenvalue weighted by Crippen LogP contribution is -2.21. The molecule has 36 heavy (non-hydrogen) atoms. The third kappa shape index (κ3) is 5.25. The summed E-state index contributed by atoms with van der Waals surface area (Å²) in [6, 6.07) is 15.4. The molecule has 1 atom stereocenters. The summed E-state index contributed by atoms with van der Waals surface area (Å²) in [4.78, 5) is 12.8. The summed E-state index contributed by atoms with van der Waals surface area (Å²) < 4.78 is 30.2. The molecule has 1 aliphatic rings. The van der Waals surface area contributed by atoms with Crippen LogP contribution >= 0.6 is 23.2 Å². The molecule has 0 aliphatic carbocycles. The molecule has 3 aromatic carbocycles. The second-order valence-corrected chi connectivity index (χ2v) is 8.85. The van der Waals surface area contributed by atoms with Crippen molar-refractivity contribution in [3.8, 4) is 23.3 Å². The molecule has 0 radical (unpaired) electrons. The van der Waals surface area contributed by atoms with E-state index in [-0.39, 0.29) is 32.8 Å². The van der Waals surface area contributed by atoms with E-state index in [1.807, 2.05) is 6.92 Å². The number of esters is 1. The number of halogens is 3. The van der Waals surface area contributed by atoms with E-state index in [1.54, 1.807) is 24.3 Å². The molecule has 0 saturated carbocycles. The van der Waals surface area contributed by atoms with E-state index in [2.05, 4.69) is 6.07 Å².